The second-order valence-electron chi connectivity index (χ2n) is 7.20. The van der Waals surface area contributed by atoms with Crippen molar-refractivity contribution in [2.24, 2.45) is 5.41 Å². The van der Waals surface area contributed by atoms with Crippen LogP contribution >= 0.6 is 23.2 Å². The van der Waals surface area contributed by atoms with Gasteiger partial charge >= 0.3 is 6.18 Å². The smallest absolute Gasteiger partial charge is 0.312 e. The Balaban J connectivity index is 1.74. The molecule has 158 valence electrons. The average Bonchev–Trinajstić information content (AvgIpc) is 3.45. The Morgan fingerprint density at radius 3 is 2.31 bits per heavy atom. The molecule has 1 atom stereocenters. The molecule has 1 aliphatic rings. The zero-order valence-electron chi connectivity index (χ0n) is 15.1. The molecule has 1 unspecified atom stereocenters. The van der Waals surface area contributed by atoms with Crippen molar-refractivity contribution < 1.29 is 22.0 Å². The van der Waals surface area contributed by atoms with Crippen molar-refractivity contribution in [1.82, 2.24) is 15.3 Å². The molecule has 0 bridgehead atoms. The van der Waals surface area contributed by atoms with Gasteiger partial charge in [0.05, 0.1) is 15.5 Å². The van der Waals surface area contributed by atoms with Crippen LogP contribution in [0, 0.1) is 5.41 Å². The van der Waals surface area contributed by atoms with Crippen LogP contribution in [-0.4, -0.2) is 22.7 Å². The van der Waals surface area contributed by atoms with Gasteiger partial charge in [0.2, 0.25) is 0 Å². The van der Waals surface area contributed by atoms with Crippen molar-refractivity contribution in [2.75, 3.05) is 6.54 Å². The summed E-state index contributed by atoms with van der Waals surface area (Å²) in [6.45, 7) is 0.475. The van der Waals surface area contributed by atoms with Gasteiger partial charge in [-0.2, -0.15) is 13.2 Å². The zero-order valence-corrected chi connectivity index (χ0v) is 16.6. The van der Waals surface area contributed by atoms with Gasteiger partial charge in [-0.3, -0.25) is 0 Å². The Morgan fingerprint density at radius 1 is 1.10 bits per heavy atom. The number of aromatic nitrogens is 2. The highest BCUT2D eigenvalue weighted by Gasteiger charge is 2.63. The zero-order chi connectivity index (χ0) is 21.2. The van der Waals surface area contributed by atoms with Gasteiger partial charge < -0.3 is 5.32 Å². The van der Waals surface area contributed by atoms with E-state index in [1.54, 1.807) is 18.2 Å². The highest BCUT2D eigenvalue weighted by molar-refractivity contribution is 6.42. The van der Waals surface area contributed by atoms with E-state index < -0.39 is 29.8 Å². The molecule has 2 aromatic rings. The summed E-state index contributed by atoms with van der Waals surface area (Å²) in [4.78, 5) is 7.19. The molecule has 1 heterocycles. The third-order valence-corrected chi connectivity index (χ3v) is 6.05. The largest absolute Gasteiger partial charge is 0.394 e. The predicted molar refractivity (Wildman–Crippen MR) is 100 cm³/mol. The van der Waals surface area contributed by atoms with E-state index >= 15 is 0 Å². The summed E-state index contributed by atoms with van der Waals surface area (Å²) in [6.07, 6.45) is -4.84. The first kappa shape index (κ1) is 22.2. The molecule has 0 amide bonds. The second kappa shape index (κ2) is 8.70. The summed E-state index contributed by atoms with van der Waals surface area (Å²) < 4.78 is 65.7. The SMILES string of the molecule is FC(F)c1ncc(C(CNCc2cccc(Cl)c2Cl)CC2(C(F)(F)F)CC2)cn1. The lowest BCUT2D eigenvalue weighted by atomic mass is 9.87. The number of rotatable bonds is 8. The Morgan fingerprint density at radius 2 is 1.76 bits per heavy atom. The lowest BCUT2D eigenvalue weighted by Gasteiger charge is -2.26. The van der Waals surface area contributed by atoms with Crippen LogP contribution in [0.4, 0.5) is 22.0 Å². The summed E-state index contributed by atoms with van der Waals surface area (Å²) in [5.41, 5.74) is -0.650. The Kier molecular flexibility index (Phi) is 6.65. The summed E-state index contributed by atoms with van der Waals surface area (Å²) in [6, 6.07) is 5.12. The van der Waals surface area contributed by atoms with E-state index in [1.807, 2.05) is 0 Å². The first-order chi connectivity index (χ1) is 13.6. The van der Waals surface area contributed by atoms with E-state index in [0.29, 0.717) is 27.7 Å². The fourth-order valence-corrected chi connectivity index (χ4v) is 3.66. The minimum atomic E-state index is -4.31. The van der Waals surface area contributed by atoms with Gasteiger partial charge in [0.1, 0.15) is 0 Å². The molecule has 10 heteroatoms. The molecule has 1 fully saturated rings. The maximum absolute atomic E-state index is 13.4. The van der Waals surface area contributed by atoms with Crippen molar-refractivity contribution in [2.45, 2.75) is 44.3 Å². The highest BCUT2D eigenvalue weighted by atomic mass is 35.5. The van der Waals surface area contributed by atoms with Crippen LogP contribution in [0.15, 0.2) is 30.6 Å². The van der Waals surface area contributed by atoms with Gasteiger partial charge in [0.25, 0.3) is 6.43 Å². The number of hydrogen-bond donors (Lipinski definition) is 1. The molecule has 29 heavy (non-hydrogen) atoms. The molecule has 1 saturated carbocycles. The fraction of sp³-hybridized carbons (Fsp3) is 0.474. The van der Waals surface area contributed by atoms with Crippen LogP contribution in [0.2, 0.25) is 10.0 Å². The molecule has 1 aromatic heterocycles. The van der Waals surface area contributed by atoms with Crippen LogP contribution in [0.3, 0.4) is 0 Å². The Bertz CT molecular complexity index is 839. The average molecular weight is 454 g/mol. The minimum Gasteiger partial charge on any atom is -0.312 e. The molecule has 3 nitrogen and oxygen atoms in total. The quantitative estimate of drug-likeness (QED) is 0.474. The summed E-state index contributed by atoms with van der Waals surface area (Å²) in [5, 5.41) is 3.85. The van der Waals surface area contributed by atoms with E-state index in [-0.39, 0.29) is 25.8 Å². The lowest BCUT2D eigenvalue weighted by Crippen LogP contribution is -2.30. The standard InChI is InChI=1S/C19H18Cl2F5N3/c20-14-3-1-2-11(15(14)21)7-27-8-12(6-18(4-5-18)19(24,25)26)13-9-28-17(16(22)23)29-10-13/h1-3,9-10,12,16,27H,4-8H2. The number of halogens is 7. The highest BCUT2D eigenvalue weighted by Crippen LogP contribution is 2.62. The first-order valence-corrected chi connectivity index (χ1v) is 9.69. The van der Waals surface area contributed by atoms with Crippen molar-refractivity contribution in [3.05, 3.63) is 57.6 Å². The summed E-state index contributed by atoms with van der Waals surface area (Å²) >= 11 is 12.1. The molecule has 0 spiro atoms. The van der Waals surface area contributed by atoms with Crippen LogP contribution in [0.1, 0.15) is 48.6 Å². The van der Waals surface area contributed by atoms with E-state index in [1.165, 1.54) is 12.4 Å². The third-order valence-electron chi connectivity index (χ3n) is 5.19. The molecule has 3 rings (SSSR count). The molecule has 1 N–H and O–H groups in total. The van der Waals surface area contributed by atoms with Crippen molar-refractivity contribution >= 4 is 23.2 Å². The van der Waals surface area contributed by atoms with E-state index in [9.17, 15) is 22.0 Å². The van der Waals surface area contributed by atoms with Crippen LogP contribution in [0.5, 0.6) is 0 Å². The minimum absolute atomic E-state index is 0.0586. The van der Waals surface area contributed by atoms with E-state index in [2.05, 4.69) is 15.3 Å². The molecular weight excluding hydrogens is 436 g/mol. The Hall–Kier alpha value is -1.51. The molecule has 0 radical (unpaired) electrons. The number of hydrogen-bond acceptors (Lipinski definition) is 3. The number of alkyl halides is 5. The van der Waals surface area contributed by atoms with Gasteiger partial charge in [0.15, 0.2) is 5.82 Å². The van der Waals surface area contributed by atoms with E-state index in [0.717, 1.165) is 0 Å². The van der Waals surface area contributed by atoms with Gasteiger partial charge in [-0.1, -0.05) is 35.3 Å². The van der Waals surface area contributed by atoms with Gasteiger partial charge in [-0.25, -0.2) is 18.7 Å². The molecule has 1 aliphatic carbocycles. The number of benzene rings is 1. The van der Waals surface area contributed by atoms with Gasteiger partial charge in [-0.15, -0.1) is 0 Å². The maximum atomic E-state index is 13.4. The van der Waals surface area contributed by atoms with Crippen LogP contribution < -0.4 is 5.32 Å². The van der Waals surface area contributed by atoms with Crippen molar-refractivity contribution in [3.8, 4) is 0 Å². The van der Waals surface area contributed by atoms with Crippen molar-refractivity contribution in [3.63, 3.8) is 0 Å². The fourth-order valence-electron chi connectivity index (χ4n) is 3.27. The Labute approximate surface area is 174 Å². The maximum Gasteiger partial charge on any atom is 0.394 e. The number of nitrogens with zero attached hydrogens (tertiary/aromatic N) is 2. The molecule has 0 saturated heterocycles. The third kappa shape index (κ3) is 5.16. The van der Waals surface area contributed by atoms with Crippen LogP contribution in [0.25, 0.3) is 0 Å². The van der Waals surface area contributed by atoms with Gasteiger partial charge in [0, 0.05) is 31.4 Å². The topological polar surface area (TPSA) is 37.8 Å². The summed E-state index contributed by atoms with van der Waals surface area (Å²) in [7, 11) is 0. The molecule has 1 aromatic carbocycles. The predicted octanol–water partition coefficient (Wildman–Crippen LogP) is 6.33. The number of nitrogens with one attached hydrogen (secondary N) is 1. The molecular formula is C19H18Cl2F5N3. The lowest BCUT2D eigenvalue weighted by molar-refractivity contribution is -0.190. The van der Waals surface area contributed by atoms with Gasteiger partial charge in [-0.05, 0) is 36.5 Å². The molecule has 0 aliphatic heterocycles. The normalized spacial score (nSPS) is 16.8. The second-order valence-corrected chi connectivity index (χ2v) is 7.98. The van der Waals surface area contributed by atoms with E-state index in [4.69, 9.17) is 23.2 Å². The van der Waals surface area contributed by atoms with Crippen LogP contribution in [-0.2, 0) is 6.54 Å². The first-order valence-electron chi connectivity index (χ1n) is 8.93. The monoisotopic (exact) mass is 453 g/mol. The van der Waals surface area contributed by atoms with Crippen molar-refractivity contribution in [1.29, 1.82) is 0 Å². The summed E-state index contributed by atoms with van der Waals surface area (Å²) in [5.74, 6) is -1.24.